The summed E-state index contributed by atoms with van der Waals surface area (Å²) in [5.74, 6) is 0.617. The Labute approximate surface area is 90.7 Å². The van der Waals surface area contributed by atoms with Crippen molar-refractivity contribution in [3.63, 3.8) is 0 Å². The van der Waals surface area contributed by atoms with Crippen LogP contribution in [0.25, 0.3) is 0 Å². The van der Waals surface area contributed by atoms with Gasteiger partial charge in [0.05, 0.1) is 12.5 Å². The van der Waals surface area contributed by atoms with Gasteiger partial charge in [-0.3, -0.25) is 4.79 Å². The van der Waals surface area contributed by atoms with Crippen LogP contribution in [0.4, 0.5) is 0 Å². The van der Waals surface area contributed by atoms with E-state index in [1.54, 1.807) is 12.5 Å². The van der Waals surface area contributed by atoms with Gasteiger partial charge in [-0.2, -0.15) is 0 Å². The zero-order valence-corrected chi connectivity index (χ0v) is 9.45. The van der Waals surface area contributed by atoms with Crippen molar-refractivity contribution >= 4 is 5.78 Å². The Morgan fingerprint density at radius 3 is 2.93 bits per heavy atom. The van der Waals surface area contributed by atoms with Gasteiger partial charge in [-0.15, -0.1) is 0 Å². The van der Waals surface area contributed by atoms with E-state index in [0.717, 1.165) is 12.0 Å². The van der Waals surface area contributed by atoms with Gasteiger partial charge < -0.3 is 4.42 Å². The molecule has 0 spiro atoms. The summed E-state index contributed by atoms with van der Waals surface area (Å²) in [6, 6.07) is 1.87. The number of carbonyl (C=O) groups is 1. The molecule has 0 bridgehead atoms. The molecule has 2 nitrogen and oxygen atoms in total. The highest BCUT2D eigenvalue weighted by molar-refractivity contribution is 5.84. The first kappa shape index (κ1) is 10.5. The highest BCUT2D eigenvalue weighted by Crippen LogP contribution is 2.43. The van der Waals surface area contributed by atoms with Crippen LogP contribution in [0, 0.1) is 11.3 Å². The van der Waals surface area contributed by atoms with Gasteiger partial charge in [0.1, 0.15) is 5.78 Å². The summed E-state index contributed by atoms with van der Waals surface area (Å²) in [5, 5.41) is 0. The second-order valence-electron chi connectivity index (χ2n) is 5.21. The molecule has 1 aromatic rings. The molecule has 1 aliphatic carbocycles. The molecule has 0 radical (unpaired) electrons. The first-order valence-corrected chi connectivity index (χ1v) is 5.63. The molecule has 0 amide bonds. The van der Waals surface area contributed by atoms with Gasteiger partial charge in [0.25, 0.3) is 0 Å². The van der Waals surface area contributed by atoms with Gasteiger partial charge in [0, 0.05) is 12.3 Å². The van der Waals surface area contributed by atoms with Gasteiger partial charge >= 0.3 is 0 Å². The predicted octanol–water partition coefficient (Wildman–Crippen LogP) is 3.22. The zero-order chi connectivity index (χ0) is 10.9. The Morgan fingerprint density at radius 2 is 2.40 bits per heavy atom. The number of Topliss-reactive ketones (excluding diaryl/α,β-unsaturated/α-hetero) is 1. The van der Waals surface area contributed by atoms with Crippen LogP contribution in [0.3, 0.4) is 0 Å². The average Bonchev–Trinajstić information content (AvgIpc) is 2.73. The second kappa shape index (κ2) is 3.84. The minimum Gasteiger partial charge on any atom is -0.472 e. The lowest BCUT2D eigenvalue weighted by molar-refractivity contribution is -0.124. The first-order chi connectivity index (χ1) is 7.09. The van der Waals surface area contributed by atoms with Crippen LogP contribution in [0.5, 0.6) is 0 Å². The van der Waals surface area contributed by atoms with E-state index in [0.29, 0.717) is 12.2 Å². The highest BCUT2D eigenvalue weighted by atomic mass is 16.3. The maximum absolute atomic E-state index is 12.1. The molecule has 1 saturated carbocycles. The summed E-state index contributed by atoms with van der Waals surface area (Å²) in [6.07, 6.45) is 7.25. The van der Waals surface area contributed by atoms with Gasteiger partial charge in [-0.05, 0) is 29.9 Å². The highest BCUT2D eigenvalue weighted by Gasteiger charge is 2.38. The fraction of sp³-hybridized carbons (Fsp3) is 0.615. The van der Waals surface area contributed by atoms with E-state index in [4.69, 9.17) is 4.42 Å². The monoisotopic (exact) mass is 206 g/mol. The number of ketones is 1. The molecule has 82 valence electrons. The fourth-order valence-electron chi connectivity index (χ4n) is 2.64. The van der Waals surface area contributed by atoms with Gasteiger partial charge in [-0.25, -0.2) is 0 Å². The Morgan fingerprint density at radius 1 is 1.60 bits per heavy atom. The number of carbonyl (C=O) groups excluding carboxylic acids is 1. The van der Waals surface area contributed by atoms with Crippen molar-refractivity contribution in [2.75, 3.05) is 0 Å². The number of hydrogen-bond acceptors (Lipinski definition) is 2. The molecule has 0 aliphatic heterocycles. The van der Waals surface area contributed by atoms with E-state index in [9.17, 15) is 4.79 Å². The van der Waals surface area contributed by atoms with Crippen molar-refractivity contribution in [2.24, 2.45) is 11.3 Å². The van der Waals surface area contributed by atoms with E-state index in [-0.39, 0.29) is 11.3 Å². The van der Waals surface area contributed by atoms with Gasteiger partial charge in [0.2, 0.25) is 0 Å². The van der Waals surface area contributed by atoms with Crippen molar-refractivity contribution in [1.29, 1.82) is 0 Å². The maximum atomic E-state index is 12.1. The van der Waals surface area contributed by atoms with Crippen LogP contribution in [0.2, 0.25) is 0 Å². The van der Waals surface area contributed by atoms with Crippen LogP contribution in [-0.4, -0.2) is 5.78 Å². The molecule has 1 aromatic heterocycles. The van der Waals surface area contributed by atoms with Crippen molar-refractivity contribution in [2.45, 2.75) is 39.5 Å². The van der Waals surface area contributed by atoms with E-state index >= 15 is 0 Å². The molecule has 0 aromatic carbocycles. The third-order valence-electron chi connectivity index (χ3n) is 3.60. The van der Waals surface area contributed by atoms with E-state index in [1.165, 1.54) is 12.8 Å². The Hall–Kier alpha value is -1.05. The number of rotatable bonds is 3. The Kier molecular flexibility index (Phi) is 2.68. The zero-order valence-electron chi connectivity index (χ0n) is 9.45. The second-order valence-corrected chi connectivity index (χ2v) is 5.21. The third-order valence-corrected chi connectivity index (χ3v) is 3.60. The molecule has 0 N–H and O–H groups in total. The van der Waals surface area contributed by atoms with Crippen LogP contribution in [0.15, 0.2) is 23.0 Å². The minimum atomic E-state index is 0.195. The molecular weight excluding hydrogens is 188 g/mol. The molecular formula is C13H18O2. The average molecular weight is 206 g/mol. The topological polar surface area (TPSA) is 30.2 Å². The lowest BCUT2D eigenvalue weighted by Gasteiger charge is -2.25. The number of furan rings is 1. The molecule has 2 rings (SSSR count). The minimum absolute atomic E-state index is 0.195. The van der Waals surface area contributed by atoms with E-state index in [1.807, 2.05) is 6.07 Å². The predicted molar refractivity (Wildman–Crippen MR) is 58.5 cm³/mol. The molecule has 0 saturated heterocycles. The lowest BCUT2D eigenvalue weighted by atomic mass is 9.78. The lowest BCUT2D eigenvalue weighted by Crippen LogP contribution is -2.26. The summed E-state index contributed by atoms with van der Waals surface area (Å²) >= 11 is 0. The van der Waals surface area contributed by atoms with Gasteiger partial charge in [-0.1, -0.05) is 20.3 Å². The number of hydrogen-bond donors (Lipinski definition) is 0. The summed E-state index contributed by atoms with van der Waals surface area (Å²) in [7, 11) is 0. The van der Waals surface area contributed by atoms with Crippen molar-refractivity contribution in [3.05, 3.63) is 24.2 Å². The quantitative estimate of drug-likeness (QED) is 0.760. The smallest absolute Gasteiger partial charge is 0.140 e. The van der Waals surface area contributed by atoms with E-state index in [2.05, 4.69) is 13.8 Å². The molecule has 1 unspecified atom stereocenters. The summed E-state index contributed by atoms with van der Waals surface area (Å²) < 4.78 is 4.98. The molecule has 1 aliphatic rings. The maximum Gasteiger partial charge on any atom is 0.140 e. The first-order valence-electron chi connectivity index (χ1n) is 5.63. The molecule has 2 heteroatoms. The molecule has 1 fully saturated rings. The SMILES string of the molecule is CC1(C)CCCC1C(=O)Cc1ccoc1. The van der Waals surface area contributed by atoms with Crippen molar-refractivity contribution < 1.29 is 9.21 Å². The normalized spacial score (nSPS) is 24.3. The van der Waals surface area contributed by atoms with E-state index < -0.39 is 0 Å². The summed E-state index contributed by atoms with van der Waals surface area (Å²) in [5.41, 5.74) is 1.20. The Balaban J connectivity index is 2.02. The van der Waals surface area contributed by atoms with Crippen molar-refractivity contribution in [1.82, 2.24) is 0 Å². The summed E-state index contributed by atoms with van der Waals surface area (Å²) in [4.78, 5) is 12.1. The molecule has 15 heavy (non-hydrogen) atoms. The largest absolute Gasteiger partial charge is 0.472 e. The van der Waals surface area contributed by atoms with Crippen LogP contribution in [-0.2, 0) is 11.2 Å². The molecule has 1 atom stereocenters. The van der Waals surface area contributed by atoms with Crippen LogP contribution >= 0.6 is 0 Å². The van der Waals surface area contributed by atoms with Gasteiger partial charge in [0.15, 0.2) is 0 Å². The van der Waals surface area contributed by atoms with Crippen LogP contribution in [0.1, 0.15) is 38.7 Å². The Bertz CT molecular complexity index is 335. The third kappa shape index (κ3) is 2.14. The summed E-state index contributed by atoms with van der Waals surface area (Å²) in [6.45, 7) is 4.41. The fourth-order valence-corrected chi connectivity index (χ4v) is 2.64. The standard InChI is InChI=1S/C13H18O2/c1-13(2)6-3-4-11(13)12(14)8-10-5-7-15-9-10/h5,7,9,11H,3-4,6,8H2,1-2H3. The van der Waals surface area contributed by atoms with Crippen molar-refractivity contribution in [3.8, 4) is 0 Å². The molecule has 1 heterocycles. The van der Waals surface area contributed by atoms with Crippen LogP contribution < -0.4 is 0 Å².